The van der Waals surface area contributed by atoms with Gasteiger partial charge in [-0.3, -0.25) is 0 Å². The molecule has 2 amide bonds. The van der Waals surface area contributed by atoms with Crippen LogP contribution in [0.1, 0.15) is 45.6 Å². The van der Waals surface area contributed by atoms with E-state index >= 15 is 0 Å². The number of alkyl carbamates (subject to hydrolysis) is 1. The molecule has 1 unspecified atom stereocenters. The second kappa shape index (κ2) is 10.9. The summed E-state index contributed by atoms with van der Waals surface area (Å²) in [5.41, 5.74) is 0.464. The van der Waals surface area contributed by atoms with Crippen molar-refractivity contribution >= 4 is 12.2 Å². The van der Waals surface area contributed by atoms with E-state index < -0.39 is 11.7 Å². The second-order valence-corrected chi connectivity index (χ2v) is 8.02. The molecule has 1 aromatic rings. The SMILES string of the molecule is CC(C)(C)OC(=O)N1CCCCC1CNCCNC(=O)OCc1ccccc1. The molecule has 1 saturated heterocycles. The molecule has 156 valence electrons. The summed E-state index contributed by atoms with van der Waals surface area (Å²) in [6, 6.07) is 9.68. The number of nitrogens with zero attached hydrogens (tertiary/aromatic N) is 1. The van der Waals surface area contributed by atoms with Gasteiger partial charge in [-0.05, 0) is 45.6 Å². The molecule has 2 rings (SSSR count). The van der Waals surface area contributed by atoms with E-state index in [0.29, 0.717) is 19.6 Å². The van der Waals surface area contributed by atoms with Crippen molar-refractivity contribution in [3.05, 3.63) is 35.9 Å². The molecule has 1 heterocycles. The minimum Gasteiger partial charge on any atom is -0.445 e. The molecule has 0 bridgehead atoms. The van der Waals surface area contributed by atoms with Crippen LogP contribution in [0.25, 0.3) is 0 Å². The standard InChI is InChI=1S/C21H33N3O4/c1-21(2,3)28-20(26)24-14-8-7-11-18(24)15-22-12-13-23-19(25)27-16-17-9-5-4-6-10-17/h4-6,9-10,18,22H,7-8,11-16H2,1-3H3,(H,23,25). The predicted octanol–water partition coefficient (Wildman–Crippen LogP) is 3.29. The highest BCUT2D eigenvalue weighted by Crippen LogP contribution is 2.20. The maximum Gasteiger partial charge on any atom is 0.410 e. The molecule has 1 aromatic carbocycles. The number of piperidine rings is 1. The van der Waals surface area contributed by atoms with Gasteiger partial charge in [0.15, 0.2) is 0 Å². The van der Waals surface area contributed by atoms with E-state index in [2.05, 4.69) is 10.6 Å². The van der Waals surface area contributed by atoms with Gasteiger partial charge in [0.05, 0.1) is 0 Å². The minimum absolute atomic E-state index is 0.119. The topological polar surface area (TPSA) is 79.9 Å². The fourth-order valence-electron chi connectivity index (χ4n) is 3.07. The maximum atomic E-state index is 12.4. The van der Waals surface area contributed by atoms with Crippen molar-refractivity contribution in [3.8, 4) is 0 Å². The summed E-state index contributed by atoms with van der Waals surface area (Å²) >= 11 is 0. The largest absolute Gasteiger partial charge is 0.445 e. The number of nitrogens with one attached hydrogen (secondary N) is 2. The van der Waals surface area contributed by atoms with Gasteiger partial charge in [-0.1, -0.05) is 30.3 Å². The predicted molar refractivity (Wildman–Crippen MR) is 108 cm³/mol. The van der Waals surface area contributed by atoms with Gasteiger partial charge >= 0.3 is 12.2 Å². The third kappa shape index (κ3) is 8.17. The van der Waals surface area contributed by atoms with Crippen molar-refractivity contribution < 1.29 is 19.1 Å². The van der Waals surface area contributed by atoms with Crippen molar-refractivity contribution in [1.29, 1.82) is 0 Å². The Morgan fingerprint density at radius 1 is 1.14 bits per heavy atom. The van der Waals surface area contributed by atoms with E-state index in [-0.39, 0.29) is 18.7 Å². The van der Waals surface area contributed by atoms with Crippen molar-refractivity contribution in [2.24, 2.45) is 0 Å². The fourth-order valence-corrected chi connectivity index (χ4v) is 3.07. The van der Waals surface area contributed by atoms with Gasteiger partial charge < -0.3 is 25.0 Å². The van der Waals surface area contributed by atoms with Crippen LogP contribution in [0.2, 0.25) is 0 Å². The molecule has 0 radical (unpaired) electrons. The zero-order valence-corrected chi connectivity index (χ0v) is 17.2. The molecule has 2 N–H and O–H groups in total. The zero-order valence-electron chi connectivity index (χ0n) is 17.2. The van der Waals surface area contributed by atoms with Crippen LogP contribution in [-0.4, -0.2) is 54.9 Å². The Labute approximate surface area is 167 Å². The maximum absolute atomic E-state index is 12.4. The Bertz CT molecular complexity index is 616. The van der Waals surface area contributed by atoms with E-state index in [9.17, 15) is 9.59 Å². The minimum atomic E-state index is -0.490. The van der Waals surface area contributed by atoms with Crippen LogP contribution in [0, 0.1) is 0 Å². The Morgan fingerprint density at radius 3 is 2.61 bits per heavy atom. The summed E-state index contributed by atoms with van der Waals surface area (Å²) < 4.78 is 10.7. The van der Waals surface area contributed by atoms with Gasteiger partial charge in [0.25, 0.3) is 0 Å². The summed E-state index contributed by atoms with van der Waals surface area (Å²) in [7, 11) is 0. The first-order chi connectivity index (χ1) is 13.3. The van der Waals surface area contributed by atoms with E-state index in [1.165, 1.54) is 0 Å². The van der Waals surface area contributed by atoms with Crippen LogP contribution < -0.4 is 10.6 Å². The summed E-state index contributed by atoms with van der Waals surface area (Å²) in [5.74, 6) is 0. The lowest BCUT2D eigenvalue weighted by Crippen LogP contribution is -2.50. The lowest BCUT2D eigenvalue weighted by atomic mass is 10.0. The molecule has 1 aliphatic rings. The van der Waals surface area contributed by atoms with E-state index in [4.69, 9.17) is 9.47 Å². The third-order valence-electron chi connectivity index (χ3n) is 4.42. The summed E-state index contributed by atoms with van der Waals surface area (Å²) in [5, 5.41) is 6.04. The van der Waals surface area contributed by atoms with Crippen LogP contribution in [0.4, 0.5) is 9.59 Å². The Balaban J connectivity index is 1.63. The molecule has 0 spiro atoms. The van der Waals surface area contributed by atoms with Gasteiger partial charge in [-0.25, -0.2) is 9.59 Å². The lowest BCUT2D eigenvalue weighted by Gasteiger charge is -2.36. The van der Waals surface area contributed by atoms with Gasteiger partial charge in [0.2, 0.25) is 0 Å². The number of carbonyl (C=O) groups excluding carboxylic acids is 2. The molecular weight excluding hydrogens is 358 g/mol. The second-order valence-electron chi connectivity index (χ2n) is 8.02. The fraction of sp³-hybridized carbons (Fsp3) is 0.619. The Hall–Kier alpha value is -2.28. The van der Waals surface area contributed by atoms with Gasteiger partial charge in [-0.15, -0.1) is 0 Å². The normalized spacial score (nSPS) is 17.1. The van der Waals surface area contributed by atoms with Gasteiger partial charge in [0.1, 0.15) is 12.2 Å². The van der Waals surface area contributed by atoms with Crippen LogP contribution in [0.5, 0.6) is 0 Å². The highest BCUT2D eigenvalue weighted by molar-refractivity contribution is 5.68. The van der Waals surface area contributed by atoms with Crippen molar-refractivity contribution in [2.45, 2.75) is 58.3 Å². The van der Waals surface area contributed by atoms with Gasteiger partial charge in [-0.2, -0.15) is 0 Å². The van der Waals surface area contributed by atoms with Gasteiger partial charge in [0, 0.05) is 32.2 Å². The molecule has 0 saturated carbocycles. The van der Waals surface area contributed by atoms with E-state index in [1.807, 2.05) is 56.0 Å². The molecule has 0 aromatic heterocycles. The lowest BCUT2D eigenvalue weighted by molar-refractivity contribution is 0.0100. The summed E-state index contributed by atoms with van der Waals surface area (Å²) in [4.78, 5) is 25.9. The number of rotatable bonds is 7. The number of carbonyl (C=O) groups is 2. The summed E-state index contributed by atoms with van der Waals surface area (Å²) in [6.45, 7) is 8.38. The average Bonchev–Trinajstić information content (AvgIpc) is 2.66. The zero-order chi connectivity index (χ0) is 20.4. The number of ether oxygens (including phenoxy) is 2. The smallest absolute Gasteiger partial charge is 0.410 e. The van der Waals surface area contributed by atoms with Crippen molar-refractivity contribution in [1.82, 2.24) is 15.5 Å². The molecule has 0 aliphatic carbocycles. The molecule has 1 atom stereocenters. The Kier molecular flexibility index (Phi) is 8.57. The molecular formula is C21H33N3O4. The number of hydrogen-bond donors (Lipinski definition) is 2. The molecule has 1 fully saturated rings. The molecule has 1 aliphatic heterocycles. The summed E-state index contributed by atoms with van der Waals surface area (Å²) in [6.07, 6.45) is 2.39. The number of amides is 2. The number of hydrogen-bond acceptors (Lipinski definition) is 5. The molecule has 7 heteroatoms. The Morgan fingerprint density at radius 2 is 1.89 bits per heavy atom. The highest BCUT2D eigenvalue weighted by atomic mass is 16.6. The van der Waals surface area contributed by atoms with Crippen LogP contribution in [0.3, 0.4) is 0 Å². The van der Waals surface area contributed by atoms with Crippen molar-refractivity contribution in [3.63, 3.8) is 0 Å². The van der Waals surface area contributed by atoms with Crippen molar-refractivity contribution in [2.75, 3.05) is 26.2 Å². The first-order valence-electron chi connectivity index (χ1n) is 10.00. The molecule has 28 heavy (non-hydrogen) atoms. The van der Waals surface area contributed by atoms with Crippen LogP contribution >= 0.6 is 0 Å². The average molecular weight is 392 g/mol. The first-order valence-corrected chi connectivity index (χ1v) is 10.00. The first kappa shape index (κ1) is 22.0. The number of likely N-dealkylation sites (tertiary alicyclic amines) is 1. The van der Waals surface area contributed by atoms with E-state index in [1.54, 1.807) is 0 Å². The highest BCUT2D eigenvalue weighted by Gasteiger charge is 2.30. The van der Waals surface area contributed by atoms with Crippen LogP contribution in [0.15, 0.2) is 30.3 Å². The van der Waals surface area contributed by atoms with E-state index in [0.717, 1.165) is 31.4 Å². The molecule has 7 nitrogen and oxygen atoms in total. The van der Waals surface area contributed by atoms with Crippen LogP contribution in [-0.2, 0) is 16.1 Å². The third-order valence-corrected chi connectivity index (χ3v) is 4.42. The quantitative estimate of drug-likeness (QED) is 0.697. The monoisotopic (exact) mass is 391 g/mol. The number of benzene rings is 1.